The smallest absolute Gasteiger partial charge is 0.265 e. The summed E-state index contributed by atoms with van der Waals surface area (Å²) in [4.78, 5) is 3.20. The maximum Gasteiger partial charge on any atom is 0.289 e. The molecule has 6 nitrogen and oxygen atoms in total. The van der Waals surface area contributed by atoms with Crippen LogP contribution in [0, 0.1) is 11.6 Å². The summed E-state index contributed by atoms with van der Waals surface area (Å²) in [7, 11) is -4.29. The summed E-state index contributed by atoms with van der Waals surface area (Å²) in [5.41, 5.74) is 3.16. The lowest BCUT2D eigenvalue weighted by Crippen LogP contribution is -2.46. The van der Waals surface area contributed by atoms with Crippen molar-refractivity contribution in [2.45, 2.75) is 11.8 Å². The van der Waals surface area contributed by atoms with Gasteiger partial charge in [0.15, 0.2) is 10.7 Å². The van der Waals surface area contributed by atoms with Crippen molar-refractivity contribution in [1.29, 1.82) is 0 Å². The van der Waals surface area contributed by atoms with Gasteiger partial charge in [-0.2, -0.15) is 8.42 Å². The van der Waals surface area contributed by atoms with Crippen LogP contribution in [0.3, 0.4) is 0 Å². The first-order chi connectivity index (χ1) is 10.9. The highest BCUT2D eigenvalue weighted by atomic mass is 32.2. The zero-order valence-corrected chi connectivity index (χ0v) is 12.8. The maximum atomic E-state index is 14.0. The molecule has 2 heterocycles. The molecule has 2 aromatic rings. The van der Waals surface area contributed by atoms with Crippen molar-refractivity contribution in [1.82, 2.24) is 10.4 Å². The van der Waals surface area contributed by atoms with Gasteiger partial charge in [-0.15, -0.1) is 4.40 Å². The number of rotatable bonds is 3. The van der Waals surface area contributed by atoms with Gasteiger partial charge in [0, 0.05) is 36.6 Å². The number of hydrogen-bond acceptors (Lipinski definition) is 5. The summed E-state index contributed by atoms with van der Waals surface area (Å²) in [6, 6.07) is 4.58. The average Bonchev–Trinajstić information content (AvgIpc) is 2.49. The highest BCUT2D eigenvalue weighted by molar-refractivity contribution is 7.90. The first kappa shape index (κ1) is 15.5. The lowest BCUT2D eigenvalue weighted by molar-refractivity contribution is 0.545. The molecule has 0 amide bonds. The van der Waals surface area contributed by atoms with E-state index in [9.17, 15) is 17.2 Å². The Hall–Kier alpha value is -2.39. The van der Waals surface area contributed by atoms with E-state index in [1.165, 1.54) is 17.4 Å². The summed E-state index contributed by atoms with van der Waals surface area (Å²) in [5, 5.41) is 1.26. The number of hydrogen-bond donors (Lipinski definition) is 1. The number of halogens is 2. The molecular formula is C14H12F2N4O2S. The average molecular weight is 338 g/mol. The van der Waals surface area contributed by atoms with Gasteiger partial charge in [0.25, 0.3) is 10.0 Å². The van der Waals surface area contributed by atoms with Gasteiger partial charge in [-0.05, 0) is 12.1 Å². The van der Waals surface area contributed by atoms with Gasteiger partial charge in [-0.3, -0.25) is 9.99 Å². The Morgan fingerprint density at radius 2 is 1.91 bits per heavy atom. The largest absolute Gasteiger partial charge is 0.289 e. The van der Waals surface area contributed by atoms with Gasteiger partial charge < -0.3 is 0 Å². The molecule has 1 aromatic carbocycles. The van der Waals surface area contributed by atoms with E-state index in [2.05, 4.69) is 14.8 Å². The van der Waals surface area contributed by atoms with Gasteiger partial charge in [-0.1, -0.05) is 6.92 Å². The molecule has 0 atom stereocenters. The normalized spacial score (nSPS) is 16.0. The van der Waals surface area contributed by atoms with Crippen molar-refractivity contribution in [3.05, 3.63) is 53.9 Å². The number of benzene rings is 1. The number of nitrogens with zero attached hydrogens (tertiary/aromatic N) is 3. The summed E-state index contributed by atoms with van der Waals surface area (Å²) in [5.74, 6) is -2.04. The molecule has 0 fully saturated rings. The lowest BCUT2D eigenvalue weighted by atomic mass is 10.2. The summed E-state index contributed by atoms with van der Waals surface area (Å²) < 4.78 is 55.9. The molecule has 0 radical (unpaired) electrons. The third kappa shape index (κ3) is 2.68. The molecular weight excluding hydrogens is 326 g/mol. The lowest BCUT2D eigenvalue weighted by Gasteiger charge is -2.31. The van der Waals surface area contributed by atoms with Gasteiger partial charge in [0.1, 0.15) is 11.6 Å². The van der Waals surface area contributed by atoms with Crippen LogP contribution >= 0.6 is 0 Å². The fourth-order valence-electron chi connectivity index (χ4n) is 2.28. The number of amidine groups is 1. The molecule has 0 unspecified atom stereocenters. The Labute approximate surface area is 131 Å². The van der Waals surface area contributed by atoms with Crippen LogP contribution in [0.25, 0.3) is 0 Å². The number of sulfonamides is 1. The summed E-state index contributed by atoms with van der Waals surface area (Å²) >= 11 is 0. The van der Waals surface area contributed by atoms with Crippen molar-refractivity contribution in [3.63, 3.8) is 0 Å². The van der Waals surface area contributed by atoms with E-state index < -0.39 is 26.6 Å². The van der Waals surface area contributed by atoms with Gasteiger partial charge in [-0.25, -0.2) is 14.2 Å². The maximum absolute atomic E-state index is 14.0. The van der Waals surface area contributed by atoms with E-state index >= 15 is 0 Å². The van der Waals surface area contributed by atoms with Crippen LogP contribution in [0.15, 0.2) is 46.0 Å². The second kappa shape index (κ2) is 5.67. The Morgan fingerprint density at radius 1 is 1.22 bits per heavy atom. The third-order valence-electron chi connectivity index (χ3n) is 3.16. The van der Waals surface area contributed by atoms with Gasteiger partial charge >= 0.3 is 0 Å². The van der Waals surface area contributed by atoms with E-state index in [1.807, 2.05) is 0 Å². The Balaban J connectivity index is 2.29. The summed E-state index contributed by atoms with van der Waals surface area (Å²) in [6.45, 7) is 2.16. The highest BCUT2D eigenvalue weighted by Crippen LogP contribution is 2.34. The van der Waals surface area contributed by atoms with Crippen LogP contribution in [0.2, 0.25) is 0 Å². The molecule has 23 heavy (non-hydrogen) atoms. The molecule has 0 spiro atoms. The van der Waals surface area contributed by atoms with Crippen LogP contribution in [0.1, 0.15) is 12.5 Å². The molecule has 1 N–H and O–H groups in total. The number of hydrazine groups is 1. The van der Waals surface area contributed by atoms with Crippen LogP contribution in [0.5, 0.6) is 0 Å². The first-order valence-corrected chi connectivity index (χ1v) is 8.16. The SMILES string of the molecule is CCNN1C(c2ccncc2)=NS(=O)(=O)c2c(F)cc(F)cc21. The standard InChI is InChI=1S/C14H12F2N4O2S/c1-2-18-20-12-8-10(15)7-11(16)13(12)23(21,22)19-14(20)9-3-5-17-6-4-9/h3-8,18H,2H2,1H3. The van der Waals surface area contributed by atoms with Crippen molar-refractivity contribution in [2.75, 3.05) is 11.6 Å². The molecule has 0 aliphatic carbocycles. The second-order valence-electron chi connectivity index (χ2n) is 4.71. The molecule has 1 aromatic heterocycles. The second-order valence-corrected chi connectivity index (χ2v) is 6.25. The minimum Gasteiger partial charge on any atom is -0.265 e. The Kier molecular flexibility index (Phi) is 3.82. The molecule has 0 saturated carbocycles. The quantitative estimate of drug-likeness (QED) is 0.924. The molecule has 1 aliphatic rings. The predicted octanol–water partition coefficient (Wildman–Crippen LogP) is 1.84. The van der Waals surface area contributed by atoms with Gasteiger partial charge in [0.2, 0.25) is 0 Å². The predicted molar refractivity (Wildman–Crippen MR) is 80.5 cm³/mol. The van der Waals surface area contributed by atoms with Crippen molar-refractivity contribution in [2.24, 2.45) is 4.40 Å². The zero-order valence-electron chi connectivity index (χ0n) is 12.0. The Bertz CT molecular complexity index is 885. The van der Waals surface area contributed by atoms with Crippen molar-refractivity contribution in [3.8, 4) is 0 Å². The van der Waals surface area contributed by atoms with Crippen LogP contribution in [0.4, 0.5) is 14.5 Å². The molecule has 3 rings (SSSR count). The molecule has 0 bridgehead atoms. The third-order valence-corrected chi connectivity index (χ3v) is 4.49. The topological polar surface area (TPSA) is 74.7 Å². The Morgan fingerprint density at radius 3 is 2.57 bits per heavy atom. The first-order valence-electron chi connectivity index (χ1n) is 6.72. The minimum atomic E-state index is -4.29. The van der Waals surface area contributed by atoms with E-state index in [0.29, 0.717) is 18.2 Å². The molecule has 1 aliphatic heterocycles. The zero-order chi connectivity index (χ0) is 16.6. The summed E-state index contributed by atoms with van der Waals surface area (Å²) in [6.07, 6.45) is 2.94. The monoisotopic (exact) mass is 338 g/mol. The van der Waals surface area contributed by atoms with Crippen LogP contribution in [-0.4, -0.2) is 25.8 Å². The number of nitrogens with one attached hydrogen (secondary N) is 1. The van der Waals surface area contributed by atoms with E-state index in [-0.39, 0.29) is 11.5 Å². The van der Waals surface area contributed by atoms with Gasteiger partial charge in [0.05, 0.1) is 5.69 Å². The minimum absolute atomic E-state index is 0.0201. The van der Waals surface area contributed by atoms with E-state index in [1.54, 1.807) is 19.1 Å². The van der Waals surface area contributed by atoms with Crippen molar-refractivity contribution < 1.29 is 17.2 Å². The number of aromatic nitrogens is 1. The van der Waals surface area contributed by atoms with Crippen molar-refractivity contribution >= 4 is 21.5 Å². The molecule has 9 heteroatoms. The molecule has 120 valence electrons. The fourth-order valence-corrected chi connectivity index (χ4v) is 3.51. The van der Waals surface area contributed by atoms with E-state index in [0.717, 1.165) is 6.07 Å². The number of fused-ring (bicyclic) bond motifs is 1. The van der Waals surface area contributed by atoms with Crippen LogP contribution in [-0.2, 0) is 10.0 Å². The van der Waals surface area contributed by atoms with E-state index in [4.69, 9.17) is 0 Å². The van der Waals surface area contributed by atoms with Crippen LogP contribution < -0.4 is 10.4 Å². The molecule has 0 saturated heterocycles. The fraction of sp³-hybridized carbons (Fsp3) is 0.143. The highest BCUT2D eigenvalue weighted by Gasteiger charge is 2.35. The number of anilines is 1. The number of pyridine rings is 1.